The zero-order valence-electron chi connectivity index (χ0n) is 11.2. The molecule has 0 bridgehead atoms. The maximum absolute atomic E-state index is 5.89. The van der Waals surface area contributed by atoms with Crippen molar-refractivity contribution in [2.45, 2.75) is 26.9 Å². The third-order valence-corrected chi connectivity index (χ3v) is 3.50. The Morgan fingerprint density at radius 1 is 1.37 bits per heavy atom. The molecule has 2 N–H and O–H groups in total. The van der Waals surface area contributed by atoms with Crippen molar-refractivity contribution < 1.29 is 4.74 Å². The predicted octanol–water partition coefficient (Wildman–Crippen LogP) is 2.80. The van der Waals surface area contributed by atoms with Gasteiger partial charge >= 0.3 is 0 Å². The van der Waals surface area contributed by atoms with Crippen LogP contribution in [0.25, 0.3) is 0 Å². The van der Waals surface area contributed by atoms with Gasteiger partial charge in [0.1, 0.15) is 18.2 Å². The van der Waals surface area contributed by atoms with Crippen molar-refractivity contribution in [3.8, 4) is 5.75 Å². The van der Waals surface area contributed by atoms with Gasteiger partial charge in [-0.2, -0.15) is 0 Å². The molecule has 1 aromatic heterocycles. The van der Waals surface area contributed by atoms with Crippen LogP contribution in [0.1, 0.15) is 17.0 Å². The molecule has 4 nitrogen and oxygen atoms in total. The maximum Gasteiger partial charge on any atom is 0.126 e. The molecule has 19 heavy (non-hydrogen) atoms. The third kappa shape index (κ3) is 3.36. The minimum Gasteiger partial charge on any atom is -0.491 e. The summed E-state index contributed by atoms with van der Waals surface area (Å²) in [4.78, 5) is 4.19. The Morgan fingerprint density at radius 2 is 2.16 bits per heavy atom. The largest absolute Gasteiger partial charge is 0.491 e. The van der Waals surface area contributed by atoms with E-state index in [-0.39, 0.29) is 0 Å². The highest BCUT2D eigenvalue weighted by Crippen LogP contribution is 2.27. The Kier molecular flexibility index (Phi) is 4.61. The molecule has 1 aromatic carbocycles. The number of nitrogens with zero attached hydrogens (tertiary/aromatic N) is 2. The summed E-state index contributed by atoms with van der Waals surface area (Å²) >= 11 is 3.47. The van der Waals surface area contributed by atoms with Crippen LogP contribution in [-0.2, 0) is 13.1 Å². The zero-order chi connectivity index (χ0) is 13.8. The lowest BCUT2D eigenvalue weighted by Crippen LogP contribution is -2.11. The molecule has 0 amide bonds. The molecule has 0 aliphatic heterocycles. The van der Waals surface area contributed by atoms with E-state index in [4.69, 9.17) is 10.5 Å². The van der Waals surface area contributed by atoms with E-state index >= 15 is 0 Å². The average molecular weight is 324 g/mol. The summed E-state index contributed by atoms with van der Waals surface area (Å²) in [6.07, 6.45) is 3.75. The second kappa shape index (κ2) is 6.21. The van der Waals surface area contributed by atoms with E-state index in [1.54, 1.807) is 6.20 Å². The van der Waals surface area contributed by atoms with E-state index in [0.29, 0.717) is 13.2 Å². The van der Waals surface area contributed by atoms with Gasteiger partial charge in [-0.25, -0.2) is 4.98 Å². The van der Waals surface area contributed by atoms with Crippen LogP contribution in [0.4, 0.5) is 0 Å². The van der Waals surface area contributed by atoms with Crippen LogP contribution in [0, 0.1) is 13.8 Å². The van der Waals surface area contributed by atoms with Crippen molar-refractivity contribution >= 4 is 15.9 Å². The molecular weight excluding hydrogens is 306 g/mol. The molecule has 0 fully saturated rings. The standard InChI is InChI=1S/C14H18BrN3O/c1-10-7-13(15)8-12(9-16)14(10)19-6-5-18-4-3-17-11(18)2/h3-4,7-8H,5-6,9,16H2,1-2H3. The van der Waals surface area contributed by atoms with Crippen molar-refractivity contribution in [1.29, 1.82) is 0 Å². The Bertz CT molecular complexity index is 566. The van der Waals surface area contributed by atoms with Gasteiger partial charge < -0.3 is 15.0 Å². The zero-order valence-corrected chi connectivity index (χ0v) is 12.8. The van der Waals surface area contributed by atoms with Gasteiger partial charge in [-0.1, -0.05) is 15.9 Å². The van der Waals surface area contributed by atoms with E-state index in [1.807, 2.05) is 32.2 Å². The summed E-state index contributed by atoms with van der Waals surface area (Å²) in [5.41, 5.74) is 7.88. The molecular formula is C14H18BrN3O. The number of imidazole rings is 1. The molecule has 5 heteroatoms. The number of aryl methyl sites for hydroxylation is 2. The number of nitrogens with two attached hydrogens (primary N) is 1. The maximum atomic E-state index is 5.89. The fourth-order valence-electron chi connectivity index (χ4n) is 2.04. The van der Waals surface area contributed by atoms with E-state index in [2.05, 4.69) is 25.5 Å². The quantitative estimate of drug-likeness (QED) is 0.920. The molecule has 0 spiro atoms. The molecule has 0 radical (unpaired) electrons. The number of aromatic nitrogens is 2. The monoisotopic (exact) mass is 323 g/mol. The fourth-order valence-corrected chi connectivity index (χ4v) is 2.66. The SMILES string of the molecule is Cc1cc(Br)cc(CN)c1OCCn1ccnc1C. The lowest BCUT2D eigenvalue weighted by Gasteiger charge is -2.14. The van der Waals surface area contributed by atoms with Gasteiger partial charge in [0.2, 0.25) is 0 Å². The molecule has 1 heterocycles. The summed E-state index contributed by atoms with van der Waals surface area (Å²) in [5, 5.41) is 0. The number of hydrogen-bond donors (Lipinski definition) is 1. The molecule has 0 atom stereocenters. The topological polar surface area (TPSA) is 53.1 Å². The summed E-state index contributed by atoms with van der Waals surface area (Å²) in [6.45, 7) is 5.87. The number of benzene rings is 1. The molecule has 0 unspecified atom stereocenters. The van der Waals surface area contributed by atoms with E-state index < -0.39 is 0 Å². The molecule has 2 rings (SSSR count). The van der Waals surface area contributed by atoms with Crippen LogP contribution >= 0.6 is 15.9 Å². The highest BCUT2D eigenvalue weighted by molar-refractivity contribution is 9.10. The lowest BCUT2D eigenvalue weighted by molar-refractivity contribution is 0.292. The second-order valence-corrected chi connectivity index (χ2v) is 5.35. The van der Waals surface area contributed by atoms with Gasteiger partial charge in [0.15, 0.2) is 0 Å². The lowest BCUT2D eigenvalue weighted by atomic mass is 10.1. The van der Waals surface area contributed by atoms with Crippen LogP contribution in [0.15, 0.2) is 29.0 Å². The van der Waals surface area contributed by atoms with Gasteiger partial charge in [-0.3, -0.25) is 0 Å². The van der Waals surface area contributed by atoms with Crippen LogP contribution in [0.2, 0.25) is 0 Å². The van der Waals surface area contributed by atoms with Gasteiger partial charge in [0.05, 0.1) is 6.54 Å². The van der Waals surface area contributed by atoms with E-state index in [9.17, 15) is 0 Å². The smallest absolute Gasteiger partial charge is 0.126 e. The highest BCUT2D eigenvalue weighted by Gasteiger charge is 2.08. The number of halogens is 1. The fraction of sp³-hybridized carbons (Fsp3) is 0.357. The number of ether oxygens (including phenoxy) is 1. The minimum absolute atomic E-state index is 0.472. The van der Waals surface area contributed by atoms with Crippen LogP contribution < -0.4 is 10.5 Å². The van der Waals surface area contributed by atoms with Crippen LogP contribution in [0.3, 0.4) is 0 Å². The second-order valence-electron chi connectivity index (χ2n) is 4.43. The highest BCUT2D eigenvalue weighted by atomic mass is 79.9. The molecule has 0 saturated carbocycles. The first-order valence-electron chi connectivity index (χ1n) is 6.21. The Morgan fingerprint density at radius 3 is 2.79 bits per heavy atom. The van der Waals surface area contributed by atoms with Gasteiger partial charge in [-0.15, -0.1) is 0 Å². The molecule has 0 saturated heterocycles. The van der Waals surface area contributed by atoms with Gasteiger partial charge in [-0.05, 0) is 31.5 Å². The van der Waals surface area contributed by atoms with Gasteiger partial charge in [0, 0.05) is 29.0 Å². The van der Waals surface area contributed by atoms with Crippen molar-refractivity contribution in [3.63, 3.8) is 0 Å². The van der Waals surface area contributed by atoms with Crippen LogP contribution in [-0.4, -0.2) is 16.2 Å². The molecule has 0 aliphatic carbocycles. The van der Waals surface area contributed by atoms with E-state index in [0.717, 1.165) is 33.7 Å². The summed E-state index contributed by atoms with van der Waals surface area (Å²) in [7, 11) is 0. The van der Waals surface area contributed by atoms with Crippen LogP contribution in [0.5, 0.6) is 5.75 Å². The number of hydrogen-bond acceptors (Lipinski definition) is 3. The Hall–Kier alpha value is -1.33. The first-order chi connectivity index (χ1) is 9.11. The third-order valence-electron chi connectivity index (χ3n) is 3.04. The first-order valence-corrected chi connectivity index (χ1v) is 7.00. The molecule has 0 aliphatic rings. The van der Waals surface area contributed by atoms with Crippen molar-refractivity contribution in [3.05, 3.63) is 46.0 Å². The van der Waals surface area contributed by atoms with Crippen molar-refractivity contribution in [2.75, 3.05) is 6.61 Å². The minimum atomic E-state index is 0.472. The molecule has 2 aromatic rings. The van der Waals surface area contributed by atoms with Crippen molar-refractivity contribution in [1.82, 2.24) is 9.55 Å². The van der Waals surface area contributed by atoms with E-state index in [1.165, 1.54) is 0 Å². The number of rotatable bonds is 5. The van der Waals surface area contributed by atoms with Crippen molar-refractivity contribution in [2.24, 2.45) is 5.73 Å². The summed E-state index contributed by atoms with van der Waals surface area (Å²) < 4.78 is 8.99. The van der Waals surface area contributed by atoms with Gasteiger partial charge in [0.25, 0.3) is 0 Å². The average Bonchev–Trinajstić information content (AvgIpc) is 2.77. The Balaban J connectivity index is 2.05. The summed E-state index contributed by atoms with van der Waals surface area (Å²) in [6, 6.07) is 4.04. The summed E-state index contributed by atoms with van der Waals surface area (Å²) in [5.74, 6) is 1.89. The normalized spacial score (nSPS) is 10.7. The Labute approximate surface area is 121 Å². The molecule has 102 valence electrons. The first kappa shape index (κ1) is 14.1. The predicted molar refractivity (Wildman–Crippen MR) is 79.2 cm³/mol.